The molecule has 0 bridgehead atoms. The fraction of sp³-hybridized carbons (Fsp3) is 0.0870. The van der Waals surface area contributed by atoms with Crippen molar-refractivity contribution in [2.75, 3.05) is 7.11 Å². The largest absolute Gasteiger partial charge is 0.413 e. The quantitative estimate of drug-likeness (QED) is 0.541. The molecule has 3 aromatic carbocycles. The third kappa shape index (κ3) is 2.49. The summed E-state index contributed by atoms with van der Waals surface area (Å²) in [7, 11) is 1.53. The van der Waals surface area contributed by atoms with Gasteiger partial charge in [-0.05, 0) is 23.4 Å². The monoisotopic (exact) mass is 341 g/mol. The number of nitrogens with zero attached hydrogens (tertiary/aromatic N) is 1. The van der Waals surface area contributed by atoms with E-state index in [0.29, 0.717) is 5.39 Å². The van der Waals surface area contributed by atoms with Crippen LogP contribution in [-0.2, 0) is 0 Å². The van der Waals surface area contributed by atoms with Crippen LogP contribution in [0.25, 0.3) is 33.2 Å². The van der Waals surface area contributed by atoms with Crippen LogP contribution in [0.2, 0.25) is 0 Å². The molecule has 3 nitrogen and oxygen atoms in total. The van der Waals surface area contributed by atoms with Gasteiger partial charge in [-0.2, -0.15) is 0 Å². The van der Waals surface area contributed by atoms with E-state index in [1.807, 2.05) is 73.7 Å². The second-order valence-corrected chi connectivity index (χ2v) is 6.24. The number of aryl methyl sites for hydroxylation is 1. The highest BCUT2D eigenvalue weighted by Gasteiger charge is 2.20. The van der Waals surface area contributed by atoms with Crippen LogP contribution in [0.1, 0.15) is 5.56 Å². The fourth-order valence-corrected chi connectivity index (χ4v) is 3.52. The van der Waals surface area contributed by atoms with E-state index < -0.39 is 0 Å². The van der Waals surface area contributed by atoms with Gasteiger partial charge in [-0.15, -0.1) is 4.73 Å². The molecule has 0 radical (unpaired) electrons. The molecule has 4 aromatic rings. The van der Waals surface area contributed by atoms with E-state index in [2.05, 4.69) is 12.1 Å². The van der Waals surface area contributed by atoms with E-state index >= 15 is 0 Å². The summed E-state index contributed by atoms with van der Waals surface area (Å²) in [5.74, 6) is 0. The smallest absolute Gasteiger partial charge is 0.291 e. The van der Waals surface area contributed by atoms with Crippen molar-refractivity contribution in [2.24, 2.45) is 0 Å². The maximum absolute atomic E-state index is 13.2. The molecule has 0 saturated heterocycles. The molecular weight excluding hydrogens is 322 g/mol. The Balaban J connectivity index is 2.27. The molecule has 0 saturated carbocycles. The van der Waals surface area contributed by atoms with Gasteiger partial charge < -0.3 is 4.84 Å². The molecule has 0 atom stereocenters. The third-order valence-electron chi connectivity index (χ3n) is 4.67. The van der Waals surface area contributed by atoms with Crippen molar-refractivity contribution in [1.82, 2.24) is 4.73 Å². The van der Waals surface area contributed by atoms with Gasteiger partial charge >= 0.3 is 0 Å². The summed E-state index contributed by atoms with van der Waals surface area (Å²) < 4.78 is 1.41. The third-order valence-corrected chi connectivity index (χ3v) is 4.67. The first kappa shape index (κ1) is 16.2. The minimum absolute atomic E-state index is 0.140. The Morgan fingerprint density at radius 2 is 1.38 bits per heavy atom. The molecule has 0 aliphatic rings. The van der Waals surface area contributed by atoms with Gasteiger partial charge in [0.05, 0.1) is 11.1 Å². The van der Waals surface area contributed by atoms with E-state index in [1.165, 1.54) is 11.8 Å². The van der Waals surface area contributed by atoms with Crippen LogP contribution < -0.4 is 10.4 Å². The zero-order valence-electron chi connectivity index (χ0n) is 14.8. The number of fused-ring (bicyclic) bond motifs is 1. The molecule has 0 aliphatic heterocycles. The summed E-state index contributed by atoms with van der Waals surface area (Å²) in [5.41, 5.74) is 4.55. The molecule has 3 heteroatoms. The van der Waals surface area contributed by atoms with Crippen LogP contribution in [0, 0.1) is 6.92 Å². The lowest BCUT2D eigenvalue weighted by Gasteiger charge is -2.19. The zero-order valence-corrected chi connectivity index (χ0v) is 14.8. The lowest BCUT2D eigenvalue weighted by atomic mass is 9.93. The maximum Gasteiger partial charge on any atom is 0.291 e. The van der Waals surface area contributed by atoms with Crippen LogP contribution in [0.3, 0.4) is 0 Å². The Hall–Kier alpha value is -3.33. The van der Waals surface area contributed by atoms with Crippen LogP contribution in [-0.4, -0.2) is 11.8 Å². The van der Waals surface area contributed by atoms with Crippen molar-refractivity contribution < 1.29 is 4.84 Å². The molecule has 1 heterocycles. The molecule has 0 unspecified atom stereocenters. The molecule has 0 amide bonds. The number of hydrogen-bond acceptors (Lipinski definition) is 2. The zero-order chi connectivity index (χ0) is 18.1. The second kappa shape index (κ2) is 6.52. The second-order valence-electron chi connectivity index (χ2n) is 6.24. The molecular formula is C23H19NO2. The average molecular weight is 341 g/mol. The Bertz CT molecular complexity index is 1130. The molecule has 4 rings (SSSR count). The maximum atomic E-state index is 13.2. The van der Waals surface area contributed by atoms with Gasteiger partial charge in [0.25, 0.3) is 5.56 Å². The Labute approximate surface area is 152 Å². The van der Waals surface area contributed by atoms with Crippen LogP contribution in [0.5, 0.6) is 0 Å². The van der Waals surface area contributed by atoms with Gasteiger partial charge in [0.15, 0.2) is 0 Å². The van der Waals surface area contributed by atoms with Crippen molar-refractivity contribution in [1.29, 1.82) is 0 Å². The first-order valence-corrected chi connectivity index (χ1v) is 8.56. The summed E-state index contributed by atoms with van der Waals surface area (Å²) in [4.78, 5) is 18.8. The molecule has 0 N–H and O–H groups in total. The van der Waals surface area contributed by atoms with E-state index in [-0.39, 0.29) is 5.56 Å². The first-order chi connectivity index (χ1) is 12.7. The van der Waals surface area contributed by atoms with Crippen molar-refractivity contribution in [3.8, 4) is 22.4 Å². The lowest BCUT2D eigenvalue weighted by Crippen LogP contribution is -2.28. The summed E-state index contributed by atoms with van der Waals surface area (Å²) in [6, 6.07) is 26.0. The molecule has 0 spiro atoms. The van der Waals surface area contributed by atoms with Gasteiger partial charge in [-0.1, -0.05) is 78.9 Å². The highest BCUT2D eigenvalue weighted by Crippen LogP contribution is 2.36. The molecule has 0 fully saturated rings. The van der Waals surface area contributed by atoms with Gasteiger partial charge in [0.2, 0.25) is 0 Å². The topological polar surface area (TPSA) is 31.2 Å². The van der Waals surface area contributed by atoms with Gasteiger partial charge in [0, 0.05) is 11.1 Å². The standard InChI is InChI=1S/C23H19NO2/c1-16-10-9-15-19-20(16)23(25)24(26-2)22(18-13-7-4-8-14-18)21(19)17-11-5-3-6-12-17/h3-15H,1-2H3. The number of aromatic nitrogens is 1. The fourth-order valence-electron chi connectivity index (χ4n) is 3.52. The van der Waals surface area contributed by atoms with Crippen LogP contribution >= 0.6 is 0 Å². The van der Waals surface area contributed by atoms with Crippen LogP contribution in [0.4, 0.5) is 0 Å². The summed E-state index contributed by atoms with van der Waals surface area (Å²) >= 11 is 0. The SMILES string of the molecule is COn1c(-c2ccccc2)c(-c2ccccc2)c2cccc(C)c2c1=O. The first-order valence-electron chi connectivity index (χ1n) is 8.56. The van der Waals surface area contributed by atoms with Gasteiger partial charge in [-0.25, -0.2) is 0 Å². The van der Waals surface area contributed by atoms with E-state index in [4.69, 9.17) is 4.84 Å². The average Bonchev–Trinajstić information content (AvgIpc) is 2.69. The Morgan fingerprint density at radius 1 is 0.769 bits per heavy atom. The summed E-state index contributed by atoms with van der Waals surface area (Å²) in [6.45, 7) is 1.96. The number of benzene rings is 3. The van der Waals surface area contributed by atoms with Gasteiger partial charge in [0.1, 0.15) is 7.11 Å². The minimum atomic E-state index is -0.140. The van der Waals surface area contributed by atoms with Crippen LogP contribution in [0.15, 0.2) is 83.7 Å². The minimum Gasteiger partial charge on any atom is -0.413 e. The Kier molecular flexibility index (Phi) is 4.05. The van der Waals surface area contributed by atoms with Crippen molar-refractivity contribution in [3.63, 3.8) is 0 Å². The molecule has 128 valence electrons. The number of rotatable bonds is 3. The predicted molar refractivity (Wildman–Crippen MR) is 106 cm³/mol. The van der Waals surface area contributed by atoms with Crippen molar-refractivity contribution >= 4 is 10.8 Å². The Morgan fingerprint density at radius 3 is 2.00 bits per heavy atom. The predicted octanol–water partition coefficient (Wildman–Crippen LogP) is 4.70. The molecule has 1 aromatic heterocycles. The summed E-state index contributed by atoms with van der Waals surface area (Å²) in [6.07, 6.45) is 0. The molecule has 0 aliphatic carbocycles. The lowest BCUT2D eigenvalue weighted by molar-refractivity contribution is 0.163. The van der Waals surface area contributed by atoms with E-state index in [1.54, 1.807) is 0 Å². The number of hydrogen-bond donors (Lipinski definition) is 0. The van der Waals surface area contributed by atoms with Crippen molar-refractivity contribution in [3.05, 3.63) is 94.8 Å². The van der Waals surface area contributed by atoms with Gasteiger partial charge in [-0.3, -0.25) is 4.79 Å². The normalized spacial score (nSPS) is 10.8. The summed E-state index contributed by atoms with van der Waals surface area (Å²) in [5, 5.41) is 1.63. The number of pyridine rings is 1. The van der Waals surface area contributed by atoms with Crippen molar-refractivity contribution in [2.45, 2.75) is 6.92 Å². The van der Waals surface area contributed by atoms with E-state index in [0.717, 1.165) is 33.3 Å². The molecule has 26 heavy (non-hydrogen) atoms. The van der Waals surface area contributed by atoms with E-state index in [9.17, 15) is 4.79 Å². The highest BCUT2D eigenvalue weighted by atomic mass is 16.6. The highest BCUT2D eigenvalue weighted by molar-refractivity contribution is 6.03.